The highest BCUT2D eigenvalue weighted by Crippen LogP contribution is 2.19. The number of hydrogen-bond donors (Lipinski definition) is 0. The van der Waals surface area contributed by atoms with Gasteiger partial charge in [-0.15, -0.1) is 0 Å². The summed E-state index contributed by atoms with van der Waals surface area (Å²) in [7, 11) is 4.18. The molecule has 1 heteroatoms. The summed E-state index contributed by atoms with van der Waals surface area (Å²) in [6.45, 7) is 2.15. The van der Waals surface area contributed by atoms with E-state index in [-0.39, 0.29) is 0 Å². The number of hydrogen-bond acceptors (Lipinski definition) is 1. The molecule has 0 heterocycles. The zero-order valence-electron chi connectivity index (χ0n) is 6.31. The lowest BCUT2D eigenvalue weighted by atomic mass is 10.2. The van der Waals surface area contributed by atoms with Crippen LogP contribution in [0.2, 0.25) is 0 Å². The molecule has 0 fully saturated rings. The predicted molar refractivity (Wildman–Crippen MR) is 40.1 cm³/mol. The molecule has 9 heavy (non-hydrogen) atoms. The van der Waals surface area contributed by atoms with E-state index in [2.05, 4.69) is 38.1 Å². The van der Waals surface area contributed by atoms with Crippen molar-refractivity contribution in [2.45, 2.75) is 13.3 Å². The van der Waals surface area contributed by atoms with Gasteiger partial charge in [0.1, 0.15) is 0 Å². The van der Waals surface area contributed by atoms with E-state index in [4.69, 9.17) is 0 Å². The topological polar surface area (TPSA) is 3.24 Å². The predicted octanol–water partition coefficient (Wildman–Crippen LogP) is 1.78. The Hall–Kier alpha value is -0.720. The third-order valence-electron chi connectivity index (χ3n) is 1.67. The van der Waals surface area contributed by atoms with Gasteiger partial charge in [0.15, 0.2) is 0 Å². The zero-order chi connectivity index (χ0) is 6.85. The van der Waals surface area contributed by atoms with Gasteiger partial charge in [-0.2, -0.15) is 0 Å². The van der Waals surface area contributed by atoms with E-state index in [0.717, 1.165) is 6.42 Å². The van der Waals surface area contributed by atoms with Crippen molar-refractivity contribution in [1.82, 2.24) is 4.90 Å². The molecule has 0 saturated heterocycles. The van der Waals surface area contributed by atoms with Crippen LogP contribution in [0, 0.1) is 0 Å². The highest BCUT2D eigenvalue weighted by atomic mass is 15.1. The molecule has 0 aromatic rings. The molecule has 0 unspecified atom stereocenters. The van der Waals surface area contributed by atoms with Crippen LogP contribution >= 0.6 is 0 Å². The molecule has 0 N–H and O–H groups in total. The summed E-state index contributed by atoms with van der Waals surface area (Å²) >= 11 is 0. The highest BCUT2D eigenvalue weighted by molar-refractivity contribution is 5.30. The van der Waals surface area contributed by atoms with Gasteiger partial charge in [-0.05, 0) is 12.5 Å². The molecule has 0 aromatic heterocycles. The normalized spacial score (nSPS) is 17.2. The summed E-state index contributed by atoms with van der Waals surface area (Å²) in [6.07, 6.45) is 5.48. The summed E-state index contributed by atoms with van der Waals surface area (Å²) in [5.41, 5.74) is 2.84. The molecule has 0 spiro atoms. The third kappa shape index (κ3) is 1.15. The molecule has 1 rings (SSSR count). The number of nitrogens with zero attached hydrogens (tertiary/aromatic N) is 1. The molecule has 1 aliphatic rings. The Morgan fingerprint density at radius 2 is 2.11 bits per heavy atom. The van der Waals surface area contributed by atoms with Gasteiger partial charge in [0.05, 0.1) is 0 Å². The molecule has 0 aliphatic heterocycles. The SMILES string of the molecule is CC1=C(N(C)C)CC=C1. The van der Waals surface area contributed by atoms with Gasteiger partial charge < -0.3 is 4.90 Å². The Morgan fingerprint density at radius 3 is 2.33 bits per heavy atom. The van der Waals surface area contributed by atoms with E-state index in [1.807, 2.05) is 0 Å². The van der Waals surface area contributed by atoms with Crippen molar-refractivity contribution in [2.24, 2.45) is 0 Å². The number of allylic oxidation sites excluding steroid dienone is 3. The standard InChI is InChI=1S/C8H13N/c1-7-5-4-6-8(7)9(2)3/h4-5H,6H2,1-3H3. The largest absolute Gasteiger partial charge is 0.380 e. The minimum atomic E-state index is 1.11. The Morgan fingerprint density at radius 1 is 1.44 bits per heavy atom. The minimum absolute atomic E-state index is 1.11. The van der Waals surface area contributed by atoms with Crippen molar-refractivity contribution < 1.29 is 0 Å². The first-order chi connectivity index (χ1) is 4.22. The second kappa shape index (κ2) is 2.26. The fraction of sp³-hybridized carbons (Fsp3) is 0.500. The van der Waals surface area contributed by atoms with Crippen molar-refractivity contribution in [3.8, 4) is 0 Å². The molecule has 0 aromatic carbocycles. The van der Waals surface area contributed by atoms with Gasteiger partial charge in [-0.1, -0.05) is 12.2 Å². The Labute approximate surface area is 56.7 Å². The maximum absolute atomic E-state index is 2.20. The maximum Gasteiger partial charge on any atom is 0.0195 e. The van der Waals surface area contributed by atoms with Crippen LogP contribution < -0.4 is 0 Å². The molecule has 0 bridgehead atoms. The summed E-state index contributed by atoms with van der Waals surface area (Å²) in [5.74, 6) is 0. The van der Waals surface area contributed by atoms with E-state index < -0.39 is 0 Å². The highest BCUT2D eigenvalue weighted by Gasteiger charge is 2.05. The van der Waals surface area contributed by atoms with Crippen LogP contribution in [0.5, 0.6) is 0 Å². The molecule has 50 valence electrons. The van der Waals surface area contributed by atoms with Crippen molar-refractivity contribution in [3.63, 3.8) is 0 Å². The first-order valence-corrected chi connectivity index (χ1v) is 3.25. The van der Waals surface area contributed by atoms with Crippen LogP contribution in [0.4, 0.5) is 0 Å². The molecule has 0 amide bonds. The van der Waals surface area contributed by atoms with Gasteiger partial charge in [0.2, 0.25) is 0 Å². The van der Waals surface area contributed by atoms with Crippen LogP contribution in [0.25, 0.3) is 0 Å². The van der Waals surface area contributed by atoms with E-state index in [9.17, 15) is 0 Å². The Kier molecular flexibility index (Phi) is 1.60. The van der Waals surface area contributed by atoms with Crippen LogP contribution in [0.15, 0.2) is 23.4 Å². The van der Waals surface area contributed by atoms with E-state index in [1.54, 1.807) is 0 Å². The van der Waals surface area contributed by atoms with Crippen molar-refractivity contribution in [3.05, 3.63) is 23.4 Å². The lowest BCUT2D eigenvalue weighted by Crippen LogP contribution is -2.10. The first-order valence-electron chi connectivity index (χ1n) is 3.25. The summed E-state index contributed by atoms with van der Waals surface area (Å²) < 4.78 is 0. The number of rotatable bonds is 1. The van der Waals surface area contributed by atoms with Crippen LogP contribution in [-0.2, 0) is 0 Å². The summed E-state index contributed by atoms with van der Waals surface area (Å²) in [4.78, 5) is 2.18. The fourth-order valence-electron chi connectivity index (χ4n) is 1.14. The van der Waals surface area contributed by atoms with E-state index in [1.165, 1.54) is 11.3 Å². The molecular formula is C8H13N. The zero-order valence-corrected chi connectivity index (χ0v) is 6.31. The minimum Gasteiger partial charge on any atom is -0.380 e. The Balaban J connectivity index is 2.73. The van der Waals surface area contributed by atoms with Crippen molar-refractivity contribution >= 4 is 0 Å². The van der Waals surface area contributed by atoms with Gasteiger partial charge >= 0.3 is 0 Å². The van der Waals surface area contributed by atoms with Gasteiger partial charge in [0.25, 0.3) is 0 Å². The molecule has 1 aliphatic carbocycles. The fourth-order valence-corrected chi connectivity index (χ4v) is 1.14. The maximum atomic E-state index is 2.20. The van der Waals surface area contributed by atoms with Crippen LogP contribution in [0.1, 0.15) is 13.3 Å². The molecule has 0 atom stereocenters. The Bertz CT molecular complexity index is 163. The lowest BCUT2D eigenvalue weighted by Gasteiger charge is -2.14. The third-order valence-corrected chi connectivity index (χ3v) is 1.67. The van der Waals surface area contributed by atoms with Gasteiger partial charge in [-0.3, -0.25) is 0 Å². The average molecular weight is 123 g/mol. The average Bonchev–Trinajstić information content (AvgIpc) is 2.13. The molecule has 0 radical (unpaired) electrons. The van der Waals surface area contributed by atoms with Crippen LogP contribution in [-0.4, -0.2) is 19.0 Å². The van der Waals surface area contributed by atoms with Crippen molar-refractivity contribution in [2.75, 3.05) is 14.1 Å². The second-order valence-electron chi connectivity index (χ2n) is 2.63. The molecule has 1 nitrogen and oxygen atoms in total. The lowest BCUT2D eigenvalue weighted by molar-refractivity contribution is 0.500. The summed E-state index contributed by atoms with van der Waals surface area (Å²) in [5, 5.41) is 0. The second-order valence-corrected chi connectivity index (χ2v) is 2.63. The first kappa shape index (κ1) is 6.40. The van der Waals surface area contributed by atoms with Gasteiger partial charge in [-0.25, -0.2) is 0 Å². The van der Waals surface area contributed by atoms with Crippen molar-refractivity contribution in [1.29, 1.82) is 0 Å². The molecule has 0 saturated carbocycles. The summed E-state index contributed by atoms with van der Waals surface area (Å²) in [6, 6.07) is 0. The monoisotopic (exact) mass is 123 g/mol. The molecular weight excluding hydrogens is 110 g/mol. The van der Waals surface area contributed by atoms with E-state index in [0.29, 0.717) is 0 Å². The van der Waals surface area contributed by atoms with Crippen LogP contribution in [0.3, 0.4) is 0 Å². The smallest absolute Gasteiger partial charge is 0.0195 e. The van der Waals surface area contributed by atoms with E-state index >= 15 is 0 Å². The quantitative estimate of drug-likeness (QED) is 0.513. The van der Waals surface area contributed by atoms with Gasteiger partial charge in [0, 0.05) is 26.2 Å².